The van der Waals surface area contributed by atoms with Crippen LogP contribution in [0.15, 0.2) is 18.2 Å². The highest BCUT2D eigenvalue weighted by atomic mass is 19.4. The Bertz CT molecular complexity index is 359. The molecular weight excluding hydrogens is 241 g/mol. The SMILES string of the molecule is CC.CC.Cc1ccc2c(c1)CC(C(F)(F)F)O2. The molecule has 1 aliphatic rings. The average Bonchev–Trinajstić information content (AvgIpc) is 2.77. The van der Waals surface area contributed by atoms with Crippen LogP contribution in [-0.2, 0) is 6.42 Å². The van der Waals surface area contributed by atoms with Gasteiger partial charge in [-0.2, -0.15) is 13.2 Å². The van der Waals surface area contributed by atoms with E-state index in [9.17, 15) is 13.2 Å². The standard InChI is InChI=1S/C10H9F3O.2C2H6/c1-6-2-3-8-7(4-6)5-9(14-8)10(11,12)13;2*1-2/h2-4,9H,5H2,1H3;2*1-2H3. The summed E-state index contributed by atoms with van der Waals surface area (Å²) < 4.78 is 41.7. The van der Waals surface area contributed by atoms with E-state index in [1.165, 1.54) is 0 Å². The fourth-order valence-electron chi connectivity index (χ4n) is 1.56. The summed E-state index contributed by atoms with van der Waals surface area (Å²) in [6.07, 6.45) is -6.01. The minimum Gasteiger partial charge on any atom is -0.480 e. The fraction of sp³-hybridized carbons (Fsp3) is 0.571. The lowest BCUT2D eigenvalue weighted by molar-refractivity contribution is -0.189. The molecule has 0 saturated heterocycles. The molecule has 4 heteroatoms. The Morgan fingerprint density at radius 1 is 1.11 bits per heavy atom. The van der Waals surface area contributed by atoms with Gasteiger partial charge in [0.25, 0.3) is 0 Å². The molecule has 2 rings (SSSR count). The zero-order valence-corrected chi connectivity index (χ0v) is 11.6. The van der Waals surface area contributed by atoms with Gasteiger partial charge >= 0.3 is 6.18 Å². The maximum atomic E-state index is 12.3. The van der Waals surface area contributed by atoms with Gasteiger partial charge in [0.1, 0.15) is 5.75 Å². The molecular formula is C14H21F3O. The van der Waals surface area contributed by atoms with Gasteiger partial charge in [-0.05, 0) is 18.6 Å². The molecule has 1 aromatic rings. The zero-order chi connectivity index (χ0) is 14.3. The fourth-order valence-corrected chi connectivity index (χ4v) is 1.56. The average molecular weight is 262 g/mol. The third-order valence-corrected chi connectivity index (χ3v) is 2.26. The number of benzene rings is 1. The van der Waals surface area contributed by atoms with Crippen molar-refractivity contribution in [3.05, 3.63) is 29.3 Å². The molecule has 0 fully saturated rings. The maximum Gasteiger partial charge on any atom is 0.425 e. The Balaban J connectivity index is 0.000000659. The van der Waals surface area contributed by atoms with Crippen LogP contribution in [0.2, 0.25) is 0 Å². The summed E-state index contributed by atoms with van der Waals surface area (Å²) in [4.78, 5) is 0. The van der Waals surface area contributed by atoms with E-state index in [1.54, 1.807) is 18.2 Å². The Morgan fingerprint density at radius 3 is 2.17 bits per heavy atom. The second-order valence-electron chi connectivity index (χ2n) is 3.46. The molecule has 0 N–H and O–H groups in total. The van der Waals surface area contributed by atoms with Crippen LogP contribution in [0.25, 0.3) is 0 Å². The second-order valence-corrected chi connectivity index (χ2v) is 3.46. The van der Waals surface area contributed by atoms with E-state index in [0.717, 1.165) is 5.56 Å². The predicted molar refractivity (Wildman–Crippen MR) is 68.1 cm³/mol. The molecule has 0 spiro atoms. The number of fused-ring (bicyclic) bond motifs is 1. The molecule has 1 aromatic carbocycles. The van der Waals surface area contributed by atoms with Crippen molar-refractivity contribution < 1.29 is 17.9 Å². The maximum absolute atomic E-state index is 12.3. The molecule has 104 valence electrons. The summed E-state index contributed by atoms with van der Waals surface area (Å²) in [7, 11) is 0. The number of hydrogen-bond acceptors (Lipinski definition) is 1. The topological polar surface area (TPSA) is 9.23 Å². The van der Waals surface area contributed by atoms with Crippen LogP contribution in [0.4, 0.5) is 13.2 Å². The van der Waals surface area contributed by atoms with E-state index < -0.39 is 12.3 Å². The summed E-state index contributed by atoms with van der Waals surface area (Å²) in [6, 6.07) is 5.08. The van der Waals surface area contributed by atoms with Crippen molar-refractivity contribution in [1.29, 1.82) is 0 Å². The highest BCUT2D eigenvalue weighted by molar-refractivity contribution is 5.40. The van der Waals surface area contributed by atoms with Crippen LogP contribution in [0.1, 0.15) is 38.8 Å². The lowest BCUT2D eigenvalue weighted by atomic mass is 10.1. The van der Waals surface area contributed by atoms with Gasteiger partial charge in [-0.15, -0.1) is 0 Å². The highest BCUT2D eigenvalue weighted by Gasteiger charge is 2.45. The first-order valence-corrected chi connectivity index (χ1v) is 6.30. The Labute approximate surface area is 107 Å². The Kier molecular flexibility index (Phi) is 6.81. The van der Waals surface area contributed by atoms with Crippen molar-refractivity contribution in [1.82, 2.24) is 0 Å². The van der Waals surface area contributed by atoms with Gasteiger partial charge in [0.2, 0.25) is 0 Å². The normalized spacial score (nSPS) is 16.6. The van der Waals surface area contributed by atoms with E-state index in [1.807, 2.05) is 34.6 Å². The highest BCUT2D eigenvalue weighted by Crippen LogP contribution is 2.36. The third kappa shape index (κ3) is 4.24. The van der Waals surface area contributed by atoms with Crippen LogP contribution in [0, 0.1) is 6.92 Å². The van der Waals surface area contributed by atoms with Crippen LogP contribution in [0.3, 0.4) is 0 Å². The van der Waals surface area contributed by atoms with E-state index in [4.69, 9.17) is 4.74 Å². The predicted octanol–water partition coefficient (Wildman–Crippen LogP) is 4.91. The van der Waals surface area contributed by atoms with Crippen LogP contribution >= 0.6 is 0 Å². The van der Waals surface area contributed by atoms with E-state index in [2.05, 4.69) is 0 Å². The first-order chi connectivity index (χ1) is 8.47. The van der Waals surface area contributed by atoms with Gasteiger partial charge < -0.3 is 4.74 Å². The van der Waals surface area contributed by atoms with Crippen LogP contribution in [-0.4, -0.2) is 12.3 Å². The first kappa shape index (κ1) is 16.8. The molecule has 0 aromatic heterocycles. The van der Waals surface area contributed by atoms with Crippen molar-refractivity contribution in [3.8, 4) is 5.75 Å². The number of hydrogen-bond donors (Lipinski definition) is 0. The summed E-state index contributed by atoms with van der Waals surface area (Å²) in [6.45, 7) is 9.85. The summed E-state index contributed by atoms with van der Waals surface area (Å²) in [5.74, 6) is 0.359. The van der Waals surface area contributed by atoms with Gasteiger partial charge in [-0.25, -0.2) is 0 Å². The van der Waals surface area contributed by atoms with E-state index in [-0.39, 0.29) is 6.42 Å². The number of alkyl halides is 3. The molecule has 1 aliphatic heterocycles. The van der Waals surface area contributed by atoms with E-state index in [0.29, 0.717) is 11.3 Å². The third-order valence-electron chi connectivity index (χ3n) is 2.26. The van der Waals surface area contributed by atoms with Crippen molar-refractivity contribution >= 4 is 0 Å². The molecule has 1 atom stereocenters. The first-order valence-electron chi connectivity index (χ1n) is 6.30. The largest absolute Gasteiger partial charge is 0.480 e. The molecule has 0 saturated carbocycles. The quantitative estimate of drug-likeness (QED) is 0.645. The van der Waals surface area contributed by atoms with Crippen molar-refractivity contribution in [2.24, 2.45) is 0 Å². The molecule has 0 aliphatic carbocycles. The second kappa shape index (κ2) is 7.29. The summed E-state index contributed by atoms with van der Waals surface area (Å²) in [5.41, 5.74) is 1.60. The molecule has 0 bridgehead atoms. The smallest absolute Gasteiger partial charge is 0.425 e. The molecule has 1 unspecified atom stereocenters. The van der Waals surface area contributed by atoms with Crippen molar-refractivity contribution in [2.45, 2.75) is 53.3 Å². The van der Waals surface area contributed by atoms with Crippen LogP contribution < -0.4 is 4.74 Å². The van der Waals surface area contributed by atoms with Gasteiger partial charge in [0.05, 0.1) is 0 Å². The lowest BCUT2D eigenvalue weighted by Gasteiger charge is -2.13. The lowest BCUT2D eigenvalue weighted by Crippen LogP contribution is -2.32. The van der Waals surface area contributed by atoms with Crippen molar-refractivity contribution in [3.63, 3.8) is 0 Å². The van der Waals surface area contributed by atoms with E-state index >= 15 is 0 Å². The number of rotatable bonds is 0. The number of halogens is 3. The minimum atomic E-state index is -4.27. The van der Waals surface area contributed by atoms with Gasteiger partial charge in [0, 0.05) is 6.42 Å². The zero-order valence-electron chi connectivity index (χ0n) is 11.6. The molecule has 18 heavy (non-hydrogen) atoms. The number of ether oxygens (including phenoxy) is 1. The molecule has 1 heterocycles. The van der Waals surface area contributed by atoms with Gasteiger partial charge in [-0.1, -0.05) is 45.4 Å². The van der Waals surface area contributed by atoms with Gasteiger partial charge in [-0.3, -0.25) is 0 Å². The Morgan fingerprint density at radius 2 is 1.67 bits per heavy atom. The number of aryl methyl sites for hydroxylation is 1. The summed E-state index contributed by atoms with van der Waals surface area (Å²) in [5, 5.41) is 0. The Hall–Kier alpha value is -1.19. The molecule has 0 amide bonds. The summed E-state index contributed by atoms with van der Waals surface area (Å²) >= 11 is 0. The molecule has 0 radical (unpaired) electrons. The minimum absolute atomic E-state index is 0.0689. The van der Waals surface area contributed by atoms with Gasteiger partial charge in [0.15, 0.2) is 6.10 Å². The van der Waals surface area contributed by atoms with Crippen LogP contribution in [0.5, 0.6) is 5.75 Å². The van der Waals surface area contributed by atoms with Crippen molar-refractivity contribution in [2.75, 3.05) is 0 Å². The molecule has 1 nitrogen and oxygen atoms in total. The monoisotopic (exact) mass is 262 g/mol.